The summed E-state index contributed by atoms with van der Waals surface area (Å²) in [6.45, 7) is 1.82. The summed E-state index contributed by atoms with van der Waals surface area (Å²) in [7, 11) is 0. The van der Waals surface area contributed by atoms with Gasteiger partial charge < -0.3 is 9.72 Å². The van der Waals surface area contributed by atoms with E-state index in [1.54, 1.807) is 6.92 Å². The maximum Gasteiger partial charge on any atom is 0.355 e. The zero-order valence-electron chi connectivity index (χ0n) is 12.7. The Morgan fingerprint density at radius 1 is 1.17 bits per heavy atom. The molecular formula is C18H13F2NO3. The Balaban J connectivity index is 2.36. The fourth-order valence-corrected chi connectivity index (χ4v) is 2.66. The fraction of sp³-hybridized carbons (Fsp3) is 0.111. The van der Waals surface area contributed by atoms with Gasteiger partial charge >= 0.3 is 5.97 Å². The summed E-state index contributed by atoms with van der Waals surface area (Å²) in [6, 6.07) is 7.62. The Morgan fingerprint density at radius 3 is 2.58 bits per heavy atom. The molecule has 1 N–H and O–H groups in total. The van der Waals surface area contributed by atoms with Gasteiger partial charge in [0.05, 0.1) is 6.61 Å². The SMILES string of the molecule is CCOC(=O)c1[nH]c2ccc(F)cc2c1-c1ccc(F)cc1C=O. The van der Waals surface area contributed by atoms with Gasteiger partial charge in [0, 0.05) is 22.0 Å². The van der Waals surface area contributed by atoms with Crippen LogP contribution < -0.4 is 0 Å². The molecule has 0 aliphatic carbocycles. The number of hydrogen-bond donors (Lipinski definition) is 1. The van der Waals surface area contributed by atoms with Crippen molar-refractivity contribution in [2.24, 2.45) is 0 Å². The Morgan fingerprint density at radius 2 is 1.88 bits per heavy atom. The van der Waals surface area contributed by atoms with Gasteiger partial charge in [-0.2, -0.15) is 0 Å². The lowest BCUT2D eigenvalue weighted by molar-refractivity contribution is 0.0521. The first-order chi connectivity index (χ1) is 11.5. The summed E-state index contributed by atoms with van der Waals surface area (Å²) >= 11 is 0. The van der Waals surface area contributed by atoms with Crippen molar-refractivity contribution in [3.8, 4) is 11.1 Å². The van der Waals surface area contributed by atoms with E-state index in [0.717, 1.165) is 6.07 Å². The molecule has 0 aliphatic rings. The topological polar surface area (TPSA) is 59.2 Å². The van der Waals surface area contributed by atoms with Crippen LogP contribution in [0.5, 0.6) is 0 Å². The first-order valence-corrected chi connectivity index (χ1v) is 7.28. The number of esters is 1. The van der Waals surface area contributed by atoms with E-state index in [-0.39, 0.29) is 17.9 Å². The normalized spacial score (nSPS) is 10.8. The van der Waals surface area contributed by atoms with Crippen LogP contribution in [0.15, 0.2) is 36.4 Å². The van der Waals surface area contributed by atoms with Crippen molar-refractivity contribution in [1.82, 2.24) is 4.98 Å². The van der Waals surface area contributed by atoms with Gasteiger partial charge in [0.25, 0.3) is 0 Å². The molecule has 24 heavy (non-hydrogen) atoms. The predicted octanol–water partition coefficient (Wildman–Crippen LogP) is 4.10. The number of fused-ring (bicyclic) bond motifs is 1. The van der Waals surface area contributed by atoms with Crippen LogP contribution in [0.4, 0.5) is 8.78 Å². The predicted molar refractivity (Wildman–Crippen MR) is 85.0 cm³/mol. The van der Waals surface area contributed by atoms with Gasteiger partial charge in [-0.05, 0) is 42.8 Å². The molecule has 1 aromatic heterocycles. The second kappa shape index (κ2) is 6.23. The van der Waals surface area contributed by atoms with Gasteiger partial charge in [-0.25, -0.2) is 13.6 Å². The Labute approximate surface area is 136 Å². The van der Waals surface area contributed by atoms with Crippen LogP contribution in [0.1, 0.15) is 27.8 Å². The number of carbonyl (C=O) groups is 2. The lowest BCUT2D eigenvalue weighted by atomic mass is 9.97. The van der Waals surface area contributed by atoms with E-state index in [1.165, 1.54) is 30.3 Å². The number of ether oxygens (including phenoxy) is 1. The van der Waals surface area contributed by atoms with E-state index in [0.29, 0.717) is 28.3 Å². The second-order valence-electron chi connectivity index (χ2n) is 5.13. The van der Waals surface area contributed by atoms with Crippen molar-refractivity contribution in [1.29, 1.82) is 0 Å². The van der Waals surface area contributed by atoms with Crippen LogP contribution >= 0.6 is 0 Å². The zero-order chi connectivity index (χ0) is 17.3. The number of aromatic nitrogens is 1. The molecule has 0 spiro atoms. The number of aldehydes is 1. The molecule has 0 aliphatic heterocycles. The van der Waals surface area contributed by atoms with Crippen LogP contribution in [0, 0.1) is 11.6 Å². The standard InChI is InChI=1S/C18H13F2NO3/c1-2-24-18(23)17-16(13-5-3-11(19)7-10(13)9-22)14-8-12(20)4-6-15(14)21-17/h3-9,21H,2H2,1H3. The van der Waals surface area contributed by atoms with Crippen molar-refractivity contribution in [3.05, 3.63) is 59.3 Å². The number of hydrogen-bond acceptors (Lipinski definition) is 3. The maximum absolute atomic E-state index is 13.7. The third-order valence-corrected chi connectivity index (χ3v) is 3.65. The van der Waals surface area contributed by atoms with E-state index in [1.807, 2.05) is 0 Å². The average Bonchev–Trinajstić information content (AvgIpc) is 2.93. The van der Waals surface area contributed by atoms with Crippen molar-refractivity contribution >= 4 is 23.2 Å². The lowest BCUT2D eigenvalue weighted by Crippen LogP contribution is -2.07. The molecule has 0 unspecified atom stereocenters. The van der Waals surface area contributed by atoms with Gasteiger partial charge in [-0.3, -0.25) is 4.79 Å². The summed E-state index contributed by atoms with van der Waals surface area (Å²) in [5.41, 5.74) is 1.30. The van der Waals surface area contributed by atoms with E-state index < -0.39 is 17.6 Å². The van der Waals surface area contributed by atoms with Gasteiger partial charge in [0.2, 0.25) is 0 Å². The van der Waals surface area contributed by atoms with E-state index in [9.17, 15) is 18.4 Å². The molecule has 4 nitrogen and oxygen atoms in total. The summed E-state index contributed by atoms with van der Waals surface area (Å²) in [5, 5.41) is 0.410. The molecule has 3 aromatic rings. The molecule has 0 saturated heterocycles. The summed E-state index contributed by atoms with van der Waals surface area (Å²) in [6.07, 6.45) is 0.492. The summed E-state index contributed by atoms with van der Waals surface area (Å²) < 4.78 is 32.1. The average molecular weight is 329 g/mol. The van der Waals surface area contributed by atoms with E-state index in [2.05, 4.69) is 4.98 Å². The van der Waals surface area contributed by atoms with Crippen molar-refractivity contribution in [2.45, 2.75) is 6.92 Å². The molecular weight excluding hydrogens is 316 g/mol. The Bertz CT molecular complexity index is 947. The monoisotopic (exact) mass is 329 g/mol. The molecule has 2 aromatic carbocycles. The molecule has 0 atom stereocenters. The molecule has 0 amide bonds. The minimum absolute atomic E-state index is 0.0608. The molecule has 0 bridgehead atoms. The molecule has 122 valence electrons. The lowest BCUT2D eigenvalue weighted by Gasteiger charge is -2.08. The maximum atomic E-state index is 13.7. The molecule has 3 rings (SSSR count). The number of rotatable bonds is 4. The van der Waals surface area contributed by atoms with Crippen molar-refractivity contribution < 1.29 is 23.1 Å². The number of nitrogens with one attached hydrogen (secondary N) is 1. The molecule has 0 radical (unpaired) electrons. The summed E-state index contributed by atoms with van der Waals surface area (Å²) in [5.74, 6) is -1.71. The summed E-state index contributed by atoms with van der Waals surface area (Å²) in [4.78, 5) is 26.5. The van der Waals surface area contributed by atoms with Crippen LogP contribution in [-0.2, 0) is 4.74 Å². The smallest absolute Gasteiger partial charge is 0.355 e. The highest BCUT2D eigenvalue weighted by Crippen LogP contribution is 2.35. The highest BCUT2D eigenvalue weighted by molar-refractivity contribution is 6.10. The van der Waals surface area contributed by atoms with Gasteiger partial charge in [-0.15, -0.1) is 0 Å². The molecule has 0 saturated carbocycles. The third-order valence-electron chi connectivity index (χ3n) is 3.65. The first-order valence-electron chi connectivity index (χ1n) is 7.28. The largest absolute Gasteiger partial charge is 0.461 e. The Hall–Kier alpha value is -3.02. The Kier molecular flexibility index (Phi) is 4.12. The van der Waals surface area contributed by atoms with E-state index in [4.69, 9.17) is 4.74 Å². The molecule has 6 heteroatoms. The first kappa shape index (κ1) is 15.9. The fourth-order valence-electron chi connectivity index (χ4n) is 2.66. The van der Waals surface area contributed by atoms with Crippen LogP contribution in [0.25, 0.3) is 22.0 Å². The van der Waals surface area contributed by atoms with Crippen LogP contribution in [-0.4, -0.2) is 23.8 Å². The van der Waals surface area contributed by atoms with Gasteiger partial charge in [0.15, 0.2) is 6.29 Å². The zero-order valence-corrected chi connectivity index (χ0v) is 12.7. The van der Waals surface area contributed by atoms with Crippen LogP contribution in [0.2, 0.25) is 0 Å². The number of benzene rings is 2. The molecule has 0 fully saturated rings. The quantitative estimate of drug-likeness (QED) is 0.579. The van der Waals surface area contributed by atoms with Crippen LogP contribution in [0.3, 0.4) is 0 Å². The number of carbonyl (C=O) groups excluding carboxylic acids is 2. The number of H-pyrrole nitrogens is 1. The van der Waals surface area contributed by atoms with Crippen molar-refractivity contribution in [3.63, 3.8) is 0 Å². The molecule has 1 heterocycles. The van der Waals surface area contributed by atoms with Gasteiger partial charge in [0.1, 0.15) is 17.3 Å². The van der Waals surface area contributed by atoms with E-state index >= 15 is 0 Å². The van der Waals surface area contributed by atoms with Gasteiger partial charge in [-0.1, -0.05) is 6.07 Å². The minimum Gasteiger partial charge on any atom is -0.461 e. The highest BCUT2D eigenvalue weighted by Gasteiger charge is 2.22. The third kappa shape index (κ3) is 2.67. The number of halogens is 2. The minimum atomic E-state index is -0.634. The number of aromatic amines is 1. The van der Waals surface area contributed by atoms with Crippen molar-refractivity contribution in [2.75, 3.05) is 6.61 Å². The highest BCUT2D eigenvalue weighted by atomic mass is 19.1. The second-order valence-corrected chi connectivity index (χ2v) is 5.13.